The molecule has 0 saturated carbocycles. The molecule has 18 heavy (non-hydrogen) atoms. The van der Waals surface area contributed by atoms with Gasteiger partial charge < -0.3 is 10.1 Å². The maximum absolute atomic E-state index is 5.63. The average molecular weight is 308 g/mol. The van der Waals surface area contributed by atoms with E-state index in [0.29, 0.717) is 12.4 Å². The van der Waals surface area contributed by atoms with Crippen LogP contribution < -0.4 is 10.1 Å². The first-order chi connectivity index (χ1) is 8.78. The monoisotopic (exact) mass is 307 g/mol. The van der Waals surface area contributed by atoms with Gasteiger partial charge in [-0.1, -0.05) is 22.9 Å². The number of hydrogen-bond acceptors (Lipinski definition) is 4. The van der Waals surface area contributed by atoms with E-state index in [1.54, 1.807) is 12.4 Å². The fourth-order valence-electron chi connectivity index (χ4n) is 1.40. The summed E-state index contributed by atoms with van der Waals surface area (Å²) in [7, 11) is 0. The minimum absolute atomic E-state index is 0.507. The van der Waals surface area contributed by atoms with Crippen molar-refractivity contribution in [3.8, 4) is 11.6 Å². The maximum Gasteiger partial charge on any atom is 0.238 e. The highest BCUT2D eigenvalue weighted by Gasteiger charge is 2.01. The second-order valence-corrected chi connectivity index (χ2v) is 4.60. The number of rotatable bonds is 5. The fraction of sp³-hybridized carbons (Fsp3) is 0.231. The van der Waals surface area contributed by atoms with Crippen LogP contribution in [0.4, 0.5) is 0 Å². The Morgan fingerprint density at radius 1 is 1.22 bits per heavy atom. The predicted octanol–water partition coefficient (Wildman–Crippen LogP) is 3.14. The van der Waals surface area contributed by atoms with Crippen LogP contribution in [-0.4, -0.2) is 16.5 Å². The number of ether oxygens (including phenoxy) is 1. The van der Waals surface area contributed by atoms with Crippen molar-refractivity contribution in [2.24, 2.45) is 0 Å². The molecule has 94 valence electrons. The molecule has 0 aliphatic rings. The Kier molecular flexibility index (Phi) is 4.66. The number of aromatic nitrogens is 2. The summed E-state index contributed by atoms with van der Waals surface area (Å²) in [6.45, 7) is 3.65. The highest BCUT2D eigenvalue weighted by molar-refractivity contribution is 9.10. The largest absolute Gasteiger partial charge is 0.437 e. The summed E-state index contributed by atoms with van der Waals surface area (Å²) < 4.78 is 6.65. The molecule has 0 fully saturated rings. The molecular formula is C13H14BrN3O. The van der Waals surface area contributed by atoms with Gasteiger partial charge in [-0.3, -0.25) is 4.98 Å². The van der Waals surface area contributed by atoms with Crippen LogP contribution in [-0.2, 0) is 6.54 Å². The summed E-state index contributed by atoms with van der Waals surface area (Å²) >= 11 is 3.38. The summed E-state index contributed by atoms with van der Waals surface area (Å²) in [5, 5.41) is 3.20. The molecular weight excluding hydrogens is 294 g/mol. The second kappa shape index (κ2) is 6.47. The Hall–Kier alpha value is -1.46. The molecule has 0 saturated heterocycles. The number of halogens is 1. The van der Waals surface area contributed by atoms with Crippen molar-refractivity contribution in [1.82, 2.24) is 15.3 Å². The van der Waals surface area contributed by atoms with Crippen molar-refractivity contribution in [3.05, 3.63) is 46.8 Å². The fourth-order valence-corrected chi connectivity index (χ4v) is 1.66. The van der Waals surface area contributed by atoms with Crippen LogP contribution in [0.15, 0.2) is 41.1 Å². The summed E-state index contributed by atoms with van der Waals surface area (Å²) in [4.78, 5) is 8.48. The van der Waals surface area contributed by atoms with Crippen LogP contribution in [0.2, 0.25) is 0 Å². The minimum Gasteiger partial charge on any atom is -0.437 e. The first kappa shape index (κ1) is 13.0. The second-order valence-electron chi connectivity index (χ2n) is 3.68. The lowest BCUT2D eigenvalue weighted by molar-refractivity contribution is 0.456. The highest BCUT2D eigenvalue weighted by Crippen LogP contribution is 2.21. The van der Waals surface area contributed by atoms with E-state index < -0.39 is 0 Å². The summed E-state index contributed by atoms with van der Waals surface area (Å²) in [5.74, 6) is 1.25. The van der Waals surface area contributed by atoms with Gasteiger partial charge in [0.25, 0.3) is 0 Å². The summed E-state index contributed by atoms with van der Waals surface area (Å²) in [6, 6.07) is 7.60. The lowest BCUT2D eigenvalue weighted by Crippen LogP contribution is -2.13. The zero-order chi connectivity index (χ0) is 12.8. The SMILES string of the molecule is CCNCc1cncc(Oc2ccc(Br)cc2)n1. The first-order valence-electron chi connectivity index (χ1n) is 5.73. The van der Waals surface area contributed by atoms with E-state index in [1.165, 1.54) is 0 Å². The normalized spacial score (nSPS) is 10.3. The van der Waals surface area contributed by atoms with Gasteiger partial charge in [-0.2, -0.15) is 0 Å². The molecule has 2 aromatic rings. The van der Waals surface area contributed by atoms with Crippen molar-refractivity contribution < 1.29 is 4.74 Å². The van der Waals surface area contributed by atoms with E-state index in [4.69, 9.17) is 4.74 Å². The standard InChI is InChI=1S/C13H14BrN3O/c1-2-15-7-11-8-16-9-13(17-11)18-12-5-3-10(14)4-6-12/h3-6,8-9,15H,2,7H2,1H3. The van der Waals surface area contributed by atoms with Crippen LogP contribution in [0.25, 0.3) is 0 Å². The van der Waals surface area contributed by atoms with Crippen LogP contribution in [0.5, 0.6) is 11.6 Å². The molecule has 0 radical (unpaired) electrons. The zero-order valence-electron chi connectivity index (χ0n) is 10.1. The van der Waals surface area contributed by atoms with Crippen molar-refractivity contribution in [3.63, 3.8) is 0 Å². The van der Waals surface area contributed by atoms with Gasteiger partial charge >= 0.3 is 0 Å². The molecule has 1 aromatic carbocycles. The van der Waals surface area contributed by atoms with Gasteiger partial charge in [0.05, 0.1) is 11.9 Å². The number of nitrogens with one attached hydrogen (secondary N) is 1. The van der Waals surface area contributed by atoms with Crippen LogP contribution in [0.3, 0.4) is 0 Å². The molecule has 5 heteroatoms. The molecule has 4 nitrogen and oxygen atoms in total. The Labute approximate surface area is 115 Å². The number of hydrogen-bond donors (Lipinski definition) is 1. The van der Waals surface area contributed by atoms with Crippen LogP contribution >= 0.6 is 15.9 Å². The quantitative estimate of drug-likeness (QED) is 0.922. The Balaban J connectivity index is 2.06. The molecule has 0 amide bonds. The molecule has 0 unspecified atom stereocenters. The molecule has 0 aliphatic heterocycles. The van der Waals surface area contributed by atoms with Gasteiger partial charge in [-0.15, -0.1) is 0 Å². The average Bonchev–Trinajstić information content (AvgIpc) is 2.40. The Bertz CT molecular complexity index is 502. The van der Waals surface area contributed by atoms with E-state index >= 15 is 0 Å². The van der Waals surface area contributed by atoms with Gasteiger partial charge in [-0.05, 0) is 30.8 Å². The van der Waals surface area contributed by atoms with Crippen LogP contribution in [0.1, 0.15) is 12.6 Å². The lowest BCUT2D eigenvalue weighted by atomic mass is 10.3. The zero-order valence-corrected chi connectivity index (χ0v) is 11.6. The van der Waals surface area contributed by atoms with E-state index in [0.717, 1.165) is 22.5 Å². The van der Waals surface area contributed by atoms with Crippen molar-refractivity contribution in [1.29, 1.82) is 0 Å². The smallest absolute Gasteiger partial charge is 0.238 e. The van der Waals surface area contributed by atoms with E-state index in [9.17, 15) is 0 Å². The van der Waals surface area contributed by atoms with E-state index in [1.807, 2.05) is 24.3 Å². The van der Waals surface area contributed by atoms with Crippen molar-refractivity contribution >= 4 is 15.9 Å². The topological polar surface area (TPSA) is 47.0 Å². The van der Waals surface area contributed by atoms with Crippen molar-refractivity contribution in [2.75, 3.05) is 6.54 Å². The summed E-state index contributed by atoms with van der Waals surface area (Å²) in [5.41, 5.74) is 0.867. The summed E-state index contributed by atoms with van der Waals surface area (Å²) in [6.07, 6.45) is 3.34. The third kappa shape index (κ3) is 3.78. The van der Waals surface area contributed by atoms with Gasteiger partial charge in [0, 0.05) is 17.2 Å². The maximum atomic E-state index is 5.63. The molecule has 1 N–H and O–H groups in total. The molecule has 0 bridgehead atoms. The highest BCUT2D eigenvalue weighted by atomic mass is 79.9. The van der Waals surface area contributed by atoms with Crippen molar-refractivity contribution in [2.45, 2.75) is 13.5 Å². The lowest BCUT2D eigenvalue weighted by Gasteiger charge is -2.06. The van der Waals surface area contributed by atoms with Crippen LogP contribution in [0, 0.1) is 0 Å². The van der Waals surface area contributed by atoms with Gasteiger partial charge in [0.2, 0.25) is 5.88 Å². The first-order valence-corrected chi connectivity index (χ1v) is 6.52. The molecule has 1 heterocycles. The molecule has 1 aromatic heterocycles. The van der Waals surface area contributed by atoms with Gasteiger partial charge in [0.15, 0.2) is 0 Å². The van der Waals surface area contributed by atoms with E-state index in [2.05, 4.69) is 38.1 Å². The number of nitrogens with zero attached hydrogens (tertiary/aromatic N) is 2. The van der Waals surface area contributed by atoms with E-state index in [-0.39, 0.29) is 0 Å². The third-order valence-corrected chi connectivity index (χ3v) is 2.78. The van der Waals surface area contributed by atoms with Gasteiger partial charge in [0.1, 0.15) is 5.75 Å². The molecule has 0 aliphatic carbocycles. The number of benzene rings is 1. The Morgan fingerprint density at radius 3 is 2.72 bits per heavy atom. The van der Waals surface area contributed by atoms with Gasteiger partial charge in [-0.25, -0.2) is 4.98 Å². The molecule has 0 spiro atoms. The molecule has 2 rings (SSSR count). The third-order valence-electron chi connectivity index (χ3n) is 2.25. The Morgan fingerprint density at radius 2 is 2.00 bits per heavy atom. The molecule has 0 atom stereocenters. The predicted molar refractivity (Wildman–Crippen MR) is 73.6 cm³/mol. The minimum atomic E-state index is 0.507.